The fourth-order valence-corrected chi connectivity index (χ4v) is 4.68. The molecule has 2 fully saturated rings. The van der Waals surface area contributed by atoms with Gasteiger partial charge >= 0.3 is 11.9 Å². The third kappa shape index (κ3) is 3.43. The molecule has 152 valence electrons. The topological polar surface area (TPSA) is 62.3 Å². The van der Waals surface area contributed by atoms with Crippen LogP contribution < -0.4 is 9.64 Å². The zero-order chi connectivity index (χ0) is 19.8. The third-order valence-corrected chi connectivity index (χ3v) is 6.23. The van der Waals surface area contributed by atoms with Crippen LogP contribution in [0.2, 0.25) is 0 Å². The number of fused-ring (bicyclic) bond motifs is 3. The van der Waals surface area contributed by atoms with Crippen LogP contribution in [0.1, 0.15) is 31.4 Å². The van der Waals surface area contributed by atoms with Gasteiger partial charge < -0.3 is 24.2 Å². The number of benzene rings is 1. The number of rotatable bonds is 1. The Morgan fingerprint density at radius 1 is 1.18 bits per heavy atom. The van der Waals surface area contributed by atoms with E-state index in [2.05, 4.69) is 46.7 Å². The Morgan fingerprint density at radius 2 is 2.00 bits per heavy atom. The van der Waals surface area contributed by atoms with E-state index in [0.29, 0.717) is 25.1 Å². The number of carbonyl (C=O) groups is 2. The first-order valence-electron chi connectivity index (χ1n) is 10.1. The van der Waals surface area contributed by atoms with Crippen molar-refractivity contribution in [3.8, 4) is 5.75 Å². The molecule has 1 amide bonds. The van der Waals surface area contributed by atoms with Gasteiger partial charge in [-0.2, -0.15) is 0 Å². The molecule has 2 saturated heterocycles. The summed E-state index contributed by atoms with van der Waals surface area (Å²) in [6.07, 6.45) is 1.86. The molecule has 3 atom stereocenters. The van der Waals surface area contributed by atoms with Crippen molar-refractivity contribution in [3.63, 3.8) is 0 Å². The van der Waals surface area contributed by atoms with E-state index < -0.39 is 11.9 Å². The minimum atomic E-state index is -0.798. The molecule has 0 N–H and O–H groups in total. The molecule has 2 unspecified atom stereocenters. The van der Waals surface area contributed by atoms with Gasteiger partial charge in [-0.15, -0.1) is 0 Å². The monoisotopic (exact) mass is 387 g/mol. The van der Waals surface area contributed by atoms with Crippen LogP contribution in [0.15, 0.2) is 18.2 Å². The molecular formula is C21H29N3O4. The number of likely N-dealkylation sites (tertiary alicyclic amines) is 1. The molecule has 28 heavy (non-hydrogen) atoms. The minimum absolute atomic E-state index is 0.123. The van der Waals surface area contributed by atoms with Crippen LogP contribution in [-0.2, 0) is 14.3 Å². The molecule has 0 aliphatic carbocycles. The SMILES string of the molecule is COC(=O)C(=O)N1CC(C)CCC1c1ccc2c(c1)OC[C@H]1CN(C)CCN21. The second-order valence-electron chi connectivity index (χ2n) is 8.30. The molecule has 7 nitrogen and oxygen atoms in total. The van der Waals surface area contributed by atoms with Crippen molar-refractivity contribution in [2.24, 2.45) is 5.92 Å². The molecule has 1 aromatic rings. The zero-order valence-electron chi connectivity index (χ0n) is 16.9. The molecule has 1 aromatic carbocycles. The quantitative estimate of drug-likeness (QED) is 0.540. The average molecular weight is 387 g/mol. The standard InChI is InChI=1S/C21H29N3O4/c1-14-4-6-17(24(11-14)20(25)21(26)27-3)15-5-7-18-19(10-15)28-13-16-12-22(2)8-9-23(16)18/h5,7,10,14,16-17H,4,6,8-9,11-13H2,1-3H3/t14?,16-,17?/m1/s1. The van der Waals surface area contributed by atoms with Crippen LogP contribution in [-0.4, -0.2) is 74.7 Å². The second kappa shape index (κ2) is 7.62. The number of methoxy groups -OCH3 is 1. The second-order valence-corrected chi connectivity index (χ2v) is 8.30. The fourth-order valence-electron chi connectivity index (χ4n) is 4.68. The summed E-state index contributed by atoms with van der Waals surface area (Å²) in [5, 5.41) is 0. The molecule has 7 heteroatoms. The van der Waals surface area contributed by atoms with Gasteiger partial charge in [-0.1, -0.05) is 13.0 Å². The van der Waals surface area contributed by atoms with Gasteiger partial charge in [0.25, 0.3) is 0 Å². The van der Waals surface area contributed by atoms with E-state index in [1.165, 1.54) is 7.11 Å². The van der Waals surface area contributed by atoms with Gasteiger partial charge in [0.2, 0.25) is 0 Å². The third-order valence-electron chi connectivity index (χ3n) is 6.23. The highest BCUT2D eigenvalue weighted by molar-refractivity contribution is 6.32. The summed E-state index contributed by atoms with van der Waals surface area (Å²) in [6, 6.07) is 6.51. The Morgan fingerprint density at radius 3 is 2.79 bits per heavy atom. The molecule has 3 aliphatic heterocycles. The summed E-state index contributed by atoms with van der Waals surface area (Å²) in [5.74, 6) is -0.113. The highest BCUT2D eigenvalue weighted by Gasteiger charge is 2.36. The van der Waals surface area contributed by atoms with E-state index >= 15 is 0 Å². The van der Waals surface area contributed by atoms with Crippen LogP contribution in [0.3, 0.4) is 0 Å². The number of esters is 1. The molecule has 0 saturated carbocycles. The molecular weight excluding hydrogens is 358 g/mol. The van der Waals surface area contributed by atoms with E-state index in [4.69, 9.17) is 4.74 Å². The molecule has 0 spiro atoms. The number of amides is 1. The number of nitrogens with zero attached hydrogens (tertiary/aromatic N) is 3. The molecule has 4 rings (SSSR count). The van der Waals surface area contributed by atoms with Crippen molar-refractivity contribution in [3.05, 3.63) is 23.8 Å². The number of likely N-dealkylation sites (N-methyl/N-ethyl adjacent to an activating group) is 1. The van der Waals surface area contributed by atoms with Gasteiger partial charge in [0.1, 0.15) is 12.4 Å². The van der Waals surface area contributed by atoms with Gasteiger partial charge in [-0.3, -0.25) is 4.79 Å². The zero-order valence-corrected chi connectivity index (χ0v) is 16.9. The fraction of sp³-hybridized carbons (Fsp3) is 0.619. The Bertz CT molecular complexity index is 768. The number of hydrogen-bond acceptors (Lipinski definition) is 6. The number of piperazine rings is 1. The number of piperidine rings is 1. The summed E-state index contributed by atoms with van der Waals surface area (Å²) >= 11 is 0. The lowest BCUT2D eigenvalue weighted by Gasteiger charge is -2.45. The van der Waals surface area contributed by atoms with Crippen LogP contribution in [0.25, 0.3) is 0 Å². The van der Waals surface area contributed by atoms with Crippen LogP contribution in [0, 0.1) is 5.92 Å². The van der Waals surface area contributed by atoms with Crippen molar-refractivity contribution in [2.45, 2.75) is 31.8 Å². The van der Waals surface area contributed by atoms with E-state index in [1.807, 2.05) is 0 Å². The Hall–Kier alpha value is -2.28. The highest BCUT2D eigenvalue weighted by atomic mass is 16.5. The Kier molecular flexibility index (Phi) is 5.19. The molecule has 0 bridgehead atoms. The van der Waals surface area contributed by atoms with Crippen molar-refractivity contribution in [1.29, 1.82) is 0 Å². The smallest absolute Gasteiger partial charge is 0.396 e. The van der Waals surface area contributed by atoms with Crippen LogP contribution >= 0.6 is 0 Å². The van der Waals surface area contributed by atoms with Gasteiger partial charge in [-0.25, -0.2) is 4.79 Å². The van der Waals surface area contributed by atoms with Gasteiger partial charge in [0, 0.05) is 26.2 Å². The van der Waals surface area contributed by atoms with E-state index in [0.717, 1.165) is 49.5 Å². The molecule has 3 heterocycles. The first-order valence-corrected chi connectivity index (χ1v) is 10.1. The normalized spacial score (nSPS) is 27.5. The number of anilines is 1. The van der Waals surface area contributed by atoms with Crippen LogP contribution in [0.5, 0.6) is 5.75 Å². The molecule has 0 aromatic heterocycles. The highest BCUT2D eigenvalue weighted by Crippen LogP contribution is 2.40. The first kappa shape index (κ1) is 19.1. The summed E-state index contributed by atoms with van der Waals surface area (Å²) in [4.78, 5) is 30.9. The van der Waals surface area contributed by atoms with Crippen molar-refractivity contribution in [2.75, 3.05) is 51.8 Å². The maximum Gasteiger partial charge on any atom is 0.396 e. The number of hydrogen-bond donors (Lipinski definition) is 0. The van der Waals surface area contributed by atoms with Gasteiger partial charge in [0.15, 0.2) is 0 Å². The maximum atomic E-state index is 12.6. The van der Waals surface area contributed by atoms with Gasteiger partial charge in [0.05, 0.1) is 24.9 Å². The maximum absolute atomic E-state index is 12.6. The summed E-state index contributed by atoms with van der Waals surface area (Å²) in [6.45, 7) is 6.38. The van der Waals surface area contributed by atoms with Crippen molar-refractivity contribution >= 4 is 17.6 Å². The minimum Gasteiger partial charge on any atom is -0.489 e. The van der Waals surface area contributed by atoms with Gasteiger partial charge in [-0.05, 0) is 43.5 Å². The first-order chi connectivity index (χ1) is 13.5. The van der Waals surface area contributed by atoms with E-state index in [9.17, 15) is 9.59 Å². The lowest BCUT2D eigenvalue weighted by Crippen LogP contribution is -2.56. The Labute approximate surface area is 166 Å². The number of carbonyl (C=O) groups excluding carboxylic acids is 2. The summed E-state index contributed by atoms with van der Waals surface area (Å²) in [5.41, 5.74) is 2.15. The predicted octanol–water partition coefficient (Wildman–Crippen LogP) is 1.67. The van der Waals surface area contributed by atoms with Crippen molar-refractivity contribution < 1.29 is 19.1 Å². The largest absolute Gasteiger partial charge is 0.489 e. The van der Waals surface area contributed by atoms with E-state index in [-0.39, 0.29) is 6.04 Å². The lowest BCUT2D eigenvalue weighted by molar-refractivity contribution is -0.160. The Balaban J connectivity index is 1.60. The van der Waals surface area contributed by atoms with Crippen LogP contribution in [0.4, 0.5) is 5.69 Å². The summed E-state index contributed by atoms with van der Waals surface area (Å²) in [7, 11) is 3.40. The lowest BCUT2D eigenvalue weighted by atomic mass is 9.89. The molecule has 0 radical (unpaired) electrons. The van der Waals surface area contributed by atoms with Crippen molar-refractivity contribution in [1.82, 2.24) is 9.80 Å². The molecule has 3 aliphatic rings. The number of ether oxygens (including phenoxy) is 2. The predicted molar refractivity (Wildman–Crippen MR) is 105 cm³/mol. The van der Waals surface area contributed by atoms with E-state index in [1.54, 1.807) is 4.90 Å². The summed E-state index contributed by atoms with van der Waals surface area (Å²) < 4.78 is 10.8. The average Bonchev–Trinajstić information content (AvgIpc) is 2.71.